The summed E-state index contributed by atoms with van der Waals surface area (Å²) in [5, 5.41) is 11.0. The molecule has 1 aliphatic heterocycles. The van der Waals surface area contributed by atoms with Crippen LogP contribution in [0.2, 0.25) is 0 Å². The molecule has 0 saturated carbocycles. The van der Waals surface area contributed by atoms with Crippen LogP contribution in [0, 0.1) is 0 Å². The molecule has 9 heteroatoms. The number of imide groups is 1. The van der Waals surface area contributed by atoms with Crippen molar-refractivity contribution in [1.29, 1.82) is 0 Å². The van der Waals surface area contributed by atoms with Crippen molar-refractivity contribution in [3.8, 4) is 0 Å². The van der Waals surface area contributed by atoms with E-state index >= 15 is 0 Å². The number of hydrogen-bond acceptors (Lipinski definition) is 5. The highest BCUT2D eigenvalue weighted by atomic mass is 16.5. The number of nitrogens with one attached hydrogen (secondary N) is 1. The number of alkyl carbamates (subject to hydrolysis) is 1. The first-order chi connectivity index (χ1) is 11.4. The molecule has 0 radical (unpaired) electrons. The van der Waals surface area contributed by atoms with Crippen LogP contribution in [0.4, 0.5) is 9.59 Å². The van der Waals surface area contributed by atoms with E-state index in [0.717, 1.165) is 15.4 Å². The molecule has 0 aromatic heterocycles. The molecule has 4 amide bonds. The third-order valence-corrected chi connectivity index (χ3v) is 3.36. The molecule has 1 aromatic carbocycles. The number of carboxylic acid groups (broad SMARTS) is 1. The summed E-state index contributed by atoms with van der Waals surface area (Å²) < 4.78 is 4.98. The molecule has 0 aliphatic carbocycles. The topological polar surface area (TPSA) is 116 Å². The Balaban J connectivity index is 1.76. The molecule has 2 N–H and O–H groups in total. The lowest BCUT2D eigenvalue weighted by atomic mass is 10.1. The number of urea groups is 1. The number of rotatable bonds is 5. The van der Waals surface area contributed by atoms with Gasteiger partial charge in [-0.3, -0.25) is 14.5 Å². The van der Waals surface area contributed by atoms with Crippen LogP contribution in [0.25, 0.3) is 0 Å². The Kier molecular flexibility index (Phi) is 5.35. The summed E-state index contributed by atoms with van der Waals surface area (Å²) >= 11 is 0. The second-order valence-electron chi connectivity index (χ2n) is 5.24. The molecular formula is C15H17N3O6. The van der Waals surface area contributed by atoms with Gasteiger partial charge in [0.25, 0.3) is 5.91 Å². The number of carbonyl (C=O) groups is 4. The molecule has 1 heterocycles. The van der Waals surface area contributed by atoms with Crippen LogP contribution in [0.1, 0.15) is 5.56 Å². The zero-order valence-corrected chi connectivity index (χ0v) is 13.0. The lowest BCUT2D eigenvalue weighted by molar-refractivity contribution is -0.142. The number of aliphatic carboxylic acids is 1. The fourth-order valence-electron chi connectivity index (χ4n) is 2.09. The number of ether oxygens (including phenoxy) is 1. The second-order valence-corrected chi connectivity index (χ2v) is 5.24. The molecule has 24 heavy (non-hydrogen) atoms. The van der Waals surface area contributed by atoms with Crippen molar-refractivity contribution < 1.29 is 29.0 Å². The van der Waals surface area contributed by atoms with Gasteiger partial charge in [0.1, 0.15) is 19.2 Å². The van der Waals surface area contributed by atoms with Gasteiger partial charge in [-0.25, -0.2) is 9.59 Å². The SMILES string of the molecule is CN(CC(=O)O)C(=O)N1CC(NC(=O)OCc2ccccc2)C1=O. The molecule has 0 bridgehead atoms. The van der Waals surface area contributed by atoms with Crippen LogP contribution < -0.4 is 5.32 Å². The number of β-lactam (4-membered cyclic amide) rings is 1. The molecule has 9 nitrogen and oxygen atoms in total. The first-order valence-electron chi connectivity index (χ1n) is 7.14. The van der Waals surface area contributed by atoms with Gasteiger partial charge < -0.3 is 20.1 Å². The van der Waals surface area contributed by atoms with E-state index in [1.54, 1.807) is 12.1 Å². The summed E-state index contributed by atoms with van der Waals surface area (Å²) in [6, 6.07) is 7.46. The Hall–Kier alpha value is -3.10. The van der Waals surface area contributed by atoms with Crippen molar-refractivity contribution >= 4 is 24.0 Å². The van der Waals surface area contributed by atoms with E-state index < -0.39 is 36.6 Å². The molecule has 1 fully saturated rings. The molecule has 1 aromatic rings. The highest BCUT2D eigenvalue weighted by Gasteiger charge is 2.43. The molecule has 1 aliphatic rings. The average molecular weight is 335 g/mol. The second kappa shape index (κ2) is 7.44. The third-order valence-electron chi connectivity index (χ3n) is 3.36. The van der Waals surface area contributed by atoms with Gasteiger partial charge in [0.15, 0.2) is 0 Å². The van der Waals surface area contributed by atoms with Gasteiger partial charge in [-0.05, 0) is 5.56 Å². The van der Waals surface area contributed by atoms with E-state index in [1.807, 2.05) is 18.2 Å². The third kappa shape index (κ3) is 4.22. The predicted molar refractivity (Wildman–Crippen MR) is 80.9 cm³/mol. The van der Waals surface area contributed by atoms with Gasteiger partial charge in [0.05, 0.1) is 6.54 Å². The molecule has 128 valence electrons. The van der Waals surface area contributed by atoms with Crippen LogP contribution in [0.15, 0.2) is 30.3 Å². The highest BCUT2D eigenvalue weighted by Crippen LogP contribution is 2.13. The summed E-state index contributed by atoms with van der Waals surface area (Å²) in [4.78, 5) is 47.7. The molecule has 1 unspecified atom stereocenters. The largest absolute Gasteiger partial charge is 0.480 e. The number of nitrogens with zero attached hydrogens (tertiary/aromatic N) is 2. The smallest absolute Gasteiger partial charge is 0.408 e. The number of likely N-dealkylation sites (tertiary alicyclic amines) is 1. The number of amides is 4. The Morgan fingerprint density at radius 2 is 2.00 bits per heavy atom. The van der Waals surface area contributed by atoms with Gasteiger partial charge in [-0.1, -0.05) is 30.3 Å². The van der Waals surface area contributed by atoms with E-state index in [4.69, 9.17) is 9.84 Å². The van der Waals surface area contributed by atoms with Crippen molar-refractivity contribution in [2.24, 2.45) is 0 Å². The van der Waals surface area contributed by atoms with Crippen molar-refractivity contribution in [3.63, 3.8) is 0 Å². The van der Waals surface area contributed by atoms with Gasteiger partial charge in [-0.2, -0.15) is 0 Å². The minimum Gasteiger partial charge on any atom is -0.480 e. The van der Waals surface area contributed by atoms with Crippen LogP contribution in [0.3, 0.4) is 0 Å². The van der Waals surface area contributed by atoms with Crippen LogP contribution >= 0.6 is 0 Å². The zero-order chi connectivity index (χ0) is 17.7. The summed E-state index contributed by atoms with van der Waals surface area (Å²) in [5.74, 6) is -1.79. The summed E-state index contributed by atoms with van der Waals surface area (Å²) in [6.07, 6.45) is -0.761. The first-order valence-corrected chi connectivity index (χ1v) is 7.14. The quantitative estimate of drug-likeness (QED) is 0.746. The maximum absolute atomic E-state index is 11.9. The minimum absolute atomic E-state index is 0.0257. The van der Waals surface area contributed by atoms with Crippen molar-refractivity contribution in [1.82, 2.24) is 15.1 Å². The van der Waals surface area contributed by atoms with Crippen molar-refractivity contribution in [2.75, 3.05) is 20.1 Å². The van der Waals surface area contributed by atoms with Crippen LogP contribution in [-0.2, 0) is 20.9 Å². The average Bonchev–Trinajstić information content (AvgIpc) is 2.55. The molecule has 1 atom stereocenters. The minimum atomic E-state index is -1.18. The standard InChI is InChI=1S/C15H17N3O6/c1-17(8-12(19)20)15(23)18-7-11(13(18)21)16-14(22)24-9-10-5-3-2-4-6-10/h2-6,11H,7-9H2,1H3,(H,16,22)(H,19,20). The number of carboxylic acids is 1. The monoisotopic (exact) mass is 335 g/mol. The van der Waals surface area contributed by atoms with E-state index in [1.165, 1.54) is 7.05 Å². The Morgan fingerprint density at radius 1 is 1.33 bits per heavy atom. The number of benzene rings is 1. The van der Waals surface area contributed by atoms with E-state index in [2.05, 4.69) is 5.32 Å². The summed E-state index contributed by atoms with van der Waals surface area (Å²) in [5.41, 5.74) is 0.805. The Bertz CT molecular complexity index is 648. The van der Waals surface area contributed by atoms with Gasteiger partial charge in [0.2, 0.25) is 0 Å². The fourth-order valence-corrected chi connectivity index (χ4v) is 2.09. The fraction of sp³-hybridized carbons (Fsp3) is 0.333. The lowest BCUT2D eigenvalue weighted by Gasteiger charge is -2.38. The van der Waals surface area contributed by atoms with Crippen molar-refractivity contribution in [3.05, 3.63) is 35.9 Å². The normalized spacial score (nSPS) is 16.1. The maximum atomic E-state index is 11.9. The van der Waals surface area contributed by atoms with Gasteiger partial charge in [0, 0.05) is 7.05 Å². The number of carbonyl (C=O) groups excluding carboxylic acids is 3. The molecule has 1 saturated heterocycles. The first kappa shape index (κ1) is 17.3. The lowest BCUT2D eigenvalue weighted by Crippen LogP contribution is -2.67. The van der Waals surface area contributed by atoms with E-state index in [9.17, 15) is 19.2 Å². The number of likely N-dealkylation sites (N-methyl/N-ethyl adjacent to an activating group) is 1. The molecule has 2 rings (SSSR count). The van der Waals surface area contributed by atoms with E-state index in [0.29, 0.717) is 0 Å². The van der Waals surface area contributed by atoms with E-state index in [-0.39, 0.29) is 13.2 Å². The predicted octanol–water partition coefficient (Wildman–Crippen LogP) is 0.260. The Labute approximate surface area is 137 Å². The maximum Gasteiger partial charge on any atom is 0.408 e. The molecular weight excluding hydrogens is 318 g/mol. The van der Waals surface area contributed by atoms with Gasteiger partial charge in [-0.15, -0.1) is 0 Å². The number of hydrogen-bond donors (Lipinski definition) is 2. The summed E-state index contributed by atoms with van der Waals surface area (Å²) in [7, 11) is 1.28. The van der Waals surface area contributed by atoms with Crippen molar-refractivity contribution in [2.45, 2.75) is 12.6 Å². The zero-order valence-electron chi connectivity index (χ0n) is 13.0. The van der Waals surface area contributed by atoms with Gasteiger partial charge >= 0.3 is 18.1 Å². The summed E-state index contributed by atoms with van der Waals surface area (Å²) in [6.45, 7) is -0.473. The molecule has 0 spiro atoms. The van der Waals surface area contributed by atoms with Crippen LogP contribution in [-0.4, -0.2) is 65.1 Å². The highest BCUT2D eigenvalue weighted by molar-refractivity contribution is 6.03. The Morgan fingerprint density at radius 3 is 2.58 bits per heavy atom. The van der Waals surface area contributed by atoms with Crippen LogP contribution in [0.5, 0.6) is 0 Å².